The molecule has 0 radical (unpaired) electrons. The summed E-state index contributed by atoms with van der Waals surface area (Å²) in [5.74, 6) is 2.10. The molecule has 336 valence electrons. The predicted molar refractivity (Wildman–Crippen MR) is 276 cm³/mol. The zero-order valence-corrected chi connectivity index (χ0v) is 42.0. The number of aryl methyl sites for hydroxylation is 2. The molecule has 0 amide bonds. The zero-order chi connectivity index (χ0) is 42.7. The molecule has 3 nitrogen and oxygen atoms in total. The van der Waals surface area contributed by atoms with E-state index in [2.05, 4.69) is 65.0 Å². The van der Waals surface area contributed by atoms with Gasteiger partial charge in [0.15, 0.2) is 5.06 Å². The van der Waals surface area contributed by atoms with Crippen LogP contribution in [0.25, 0.3) is 50.8 Å². The van der Waals surface area contributed by atoms with Crippen LogP contribution < -0.4 is 14.2 Å². The van der Waals surface area contributed by atoms with Gasteiger partial charge in [-0.05, 0) is 62.8 Å². The van der Waals surface area contributed by atoms with Gasteiger partial charge >= 0.3 is 0 Å². The molecule has 0 aliphatic heterocycles. The lowest BCUT2D eigenvalue weighted by Gasteiger charge is -2.16. The van der Waals surface area contributed by atoms with Gasteiger partial charge in [-0.2, -0.15) is 0 Å². The van der Waals surface area contributed by atoms with Crippen LogP contribution >= 0.6 is 45.3 Å². The first-order valence-electron chi connectivity index (χ1n) is 24.9. The standard InChI is InChI=1S/C54H78O3S4/c1-6-9-12-15-18-20-22-24-27-30-33-56-50-44-38-47-42(37-48(60-47)53-46-39-49(61-52(46)41(5)59-53)55-32-29-26-17-14-11-8-3)36-43(44)51(54-45(50)35-40(4)58-54)57-34-31-28-25-23-21-19-16-13-10-7-2/h35-39H,6-34H2,1-5H3. The largest absolute Gasteiger partial charge is 0.492 e. The Balaban J connectivity index is 1.20. The third-order valence-corrected chi connectivity index (χ3v) is 17.2. The summed E-state index contributed by atoms with van der Waals surface area (Å²) in [5.41, 5.74) is 0. The fourth-order valence-electron chi connectivity index (χ4n) is 8.88. The second-order valence-electron chi connectivity index (χ2n) is 17.8. The molecule has 61 heavy (non-hydrogen) atoms. The maximum absolute atomic E-state index is 6.90. The number of unbranched alkanes of at least 4 members (excludes halogenated alkanes) is 23. The van der Waals surface area contributed by atoms with E-state index in [1.165, 1.54) is 208 Å². The number of ether oxygens (including phenoxy) is 3. The molecule has 7 heteroatoms. The van der Waals surface area contributed by atoms with E-state index < -0.39 is 0 Å². The van der Waals surface area contributed by atoms with Crippen molar-refractivity contribution in [3.8, 4) is 26.3 Å². The van der Waals surface area contributed by atoms with Crippen LogP contribution in [0.1, 0.15) is 197 Å². The maximum Gasteiger partial charge on any atom is 0.175 e. The SMILES string of the molecule is CCCCCCCCCCCCOc1c2cc3sc(-c4sc(C)c5sc(OCCCCCCCC)cc45)cc3cc2c(OCCCCCCCCCCCC)c2sc(C)cc12. The molecule has 0 fully saturated rings. The van der Waals surface area contributed by atoms with Crippen LogP contribution in [0.3, 0.4) is 0 Å². The molecule has 4 aromatic heterocycles. The number of hydrogen-bond donors (Lipinski definition) is 0. The highest BCUT2D eigenvalue weighted by Crippen LogP contribution is 2.51. The van der Waals surface area contributed by atoms with Crippen molar-refractivity contribution in [2.45, 2.75) is 202 Å². The van der Waals surface area contributed by atoms with Gasteiger partial charge < -0.3 is 14.2 Å². The Morgan fingerprint density at radius 2 is 0.885 bits per heavy atom. The van der Waals surface area contributed by atoms with Crippen LogP contribution in [0, 0.1) is 13.8 Å². The topological polar surface area (TPSA) is 27.7 Å². The molecule has 0 bridgehead atoms. The molecule has 6 aromatic rings. The lowest BCUT2D eigenvalue weighted by atomic mass is 10.0. The van der Waals surface area contributed by atoms with Gasteiger partial charge in [-0.3, -0.25) is 0 Å². The fourth-order valence-corrected chi connectivity index (χ4v) is 13.4. The third kappa shape index (κ3) is 14.1. The lowest BCUT2D eigenvalue weighted by Crippen LogP contribution is -2.01. The summed E-state index contributed by atoms with van der Waals surface area (Å²) < 4.78 is 24.1. The summed E-state index contributed by atoms with van der Waals surface area (Å²) in [6.45, 7) is 13.7. The van der Waals surface area contributed by atoms with Crippen molar-refractivity contribution in [1.82, 2.24) is 0 Å². The highest BCUT2D eigenvalue weighted by Gasteiger charge is 2.22. The van der Waals surface area contributed by atoms with E-state index in [9.17, 15) is 0 Å². The average molecular weight is 903 g/mol. The maximum atomic E-state index is 6.90. The van der Waals surface area contributed by atoms with E-state index in [1.54, 1.807) is 0 Å². The van der Waals surface area contributed by atoms with Crippen molar-refractivity contribution in [2.24, 2.45) is 0 Å². The van der Waals surface area contributed by atoms with E-state index in [4.69, 9.17) is 14.2 Å². The van der Waals surface area contributed by atoms with Gasteiger partial charge in [0.25, 0.3) is 0 Å². The van der Waals surface area contributed by atoms with E-state index in [1.807, 2.05) is 45.3 Å². The van der Waals surface area contributed by atoms with Gasteiger partial charge in [-0.1, -0.05) is 180 Å². The predicted octanol–water partition coefficient (Wildman–Crippen LogP) is 20.2. The third-order valence-electron chi connectivity index (χ3n) is 12.4. The first-order valence-corrected chi connectivity index (χ1v) is 28.1. The van der Waals surface area contributed by atoms with Gasteiger partial charge in [0.1, 0.15) is 11.5 Å². The van der Waals surface area contributed by atoms with E-state index in [-0.39, 0.29) is 0 Å². The van der Waals surface area contributed by atoms with Crippen molar-refractivity contribution < 1.29 is 14.2 Å². The normalized spacial score (nSPS) is 12.0. The van der Waals surface area contributed by atoms with Crippen molar-refractivity contribution in [3.63, 3.8) is 0 Å². The van der Waals surface area contributed by atoms with E-state index in [0.29, 0.717) is 0 Å². The average Bonchev–Trinajstić information content (AvgIpc) is 4.04. The first-order chi connectivity index (χ1) is 30.0. The van der Waals surface area contributed by atoms with Crippen molar-refractivity contribution in [1.29, 1.82) is 0 Å². The molecule has 0 aliphatic rings. The Kier molecular flexibility index (Phi) is 20.9. The Hall–Kier alpha value is -2.32. The second-order valence-corrected chi connectivity index (χ2v) is 22.4. The van der Waals surface area contributed by atoms with Crippen LogP contribution in [0.2, 0.25) is 0 Å². The van der Waals surface area contributed by atoms with Crippen LogP contribution in [-0.2, 0) is 0 Å². The number of rotatable bonds is 33. The minimum atomic E-state index is 0.760. The quantitative estimate of drug-likeness (QED) is 0.0385. The molecule has 0 saturated heterocycles. The highest BCUT2D eigenvalue weighted by molar-refractivity contribution is 7.30. The van der Waals surface area contributed by atoms with Crippen LogP contribution in [0.4, 0.5) is 0 Å². The number of fused-ring (bicyclic) bond motifs is 4. The Morgan fingerprint density at radius 3 is 1.44 bits per heavy atom. The summed E-state index contributed by atoms with van der Waals surface area (Å²) >= 11 is 7.54. The van der Waals surface area contributed by atoms with Crippen molar-refractivity contribution in [2.75, 3.05) is 19.8 Å². The smallest absolute Gasteiger partial charge is 0.175 e. The van der Waals surface area contributed by atoms with Crippen LogP contribution in [0.15, 0.2) is 30.3 Å². The lowest BCUT2D eigenvalue weighted by molar-refractivity contribution is 0.306. The zero-order valence-electron chi connectivity index (χ0n) is 38.8. The molecular formula is C54H78O3S4. The summed E-state index contributed by atoms with van der Waals surface area (Å²) in [5, 5.41) is 7.32. The summed E-state index contributed by atoms with van der Waals surface area (Å²) in [7, 11) is 0. The fraction of sp³-hybridized carbons (Fsp3) is 0.630. The van der Waals surface area contributed by atoms with E-state index in [0.717, 1.165) is 55.6 Å². The summed E-state index contributed by atoms with van der Waals surface area (Å²) in [6.07, 6.45) is 34.2. The van der Waals surface area contributed by atoms with Gasteiger partial charge in [0.2, 0.25) is 0 Å². The number of hydrogen-bond acceptors (Lipinski definition) is 7. The Bertz CT molecular complexity index is 2060. The number of thiophene rings is 4. The molecule has 0 aliphatic carbocycles. The van der Waals surface area contributed by atoms with Crippen molar-refractivity contribution >= 4 is 86.4 Å². The Labute approximate surface area is 386 Å². The molecular weight excluding hydrogens is 825 g/mol. The molecule has 0 N–H and O–H groups in total. The van der Waals surface area contributed by atoms with E-state index >= 15 is 0 Å². The highest BCUT2D eigenvalue weighted by atomic mass is 32.1. The monoisotopic (exact) mass is 902 g/mol. The molecule has 4 heterocycles. The van der Waals surface area contributed by atoms with Gasteiger partial charge in [0, 0.05) is 46.9 Å². The molecule has 6 rings (SSSR count). The van der Waals surface area contributed by atoms with Gasteiger partial charge in [0.05, 0.1) is 34.1 Å². The molecule has 0 saturated carbocycles. The first kappa shape index (κ1) is 48.1. The van der Waals surface area contributed by atoms with Gasteiger partial charge in [-0.25, -0.2) is 0 Å². The van der Waals surface area contributed by atoms with Crippen molar-refractivity contribution in [3.05, 3.63) is 40.1 Å². The molecule has 0 atom stereocenters. The molecule has 0 spiro atoms. The molecule has 2 aromatic carbocycles. The number of benzene rings is 2. The summed E-state index contributed by atoms with van der Waals surface area (Å²) in [6, 6.07) is 11.9. The Morgan fingerprint density at radius 1 is 0.393 bits per heavy atom. The van der Waals surface area contributed by atoms with Crippen LogP contribution in [0.5, 0.6) is 16.6 Å². The minimum Gasteiger partial charge on any atom is -0.492 e. The minimum absolute atomic E-state index is 0.760. The summed E-state index contributed by atoms with van der Waals surface area (Å²) in [4.78, 5) is 5.40. The molecule has 0 unspecified atom stereocenters. The van der Waals surface area contributed by atoms with Crippen LogP contribution in [-0.4, -0.2) is 19.8 Å². The second kappa shape index (κ2) is 26.5. The van der Waals surface area contributed by atoms with Gasteiger partial charge in [-0.15, -0.1) is 34.0 Å².